The van der Waals surface area contributed by atoms with Crippen LogP contribution < -0.4 is 5.32 Å². The third kappa shape index (κ3) is 2.94. The van der Waals surface area contributed by atoms with Crippen LogP contribution >= 0.6 is 0 Å². The molecule has 0 aliphatic carbocycles. The fourth-order valence-electron chi connectivity index (χ4n) is 3.26. The quantitative estimate of drug-likeness (QED) is 0.555. The molecule has 0 unspecified atom stereocenters. The molecule has 26 heavy (non-hydrogen) atoms. The second-order valence-electron chi connectivity index (χ2n) is 6.63. The van der Waals surface area contributed by atoms with E-state index in [1.807, 2.05) is 41.8 Å². The van der Waals surface area contributed by atoms with Crippen LogP contribution in [0.4, 0.5) is 5.82 Å². The van der Waals surface area contributed by atoms with Gasteiger partial charge in [0.2, 0.25) is 0 Å². The summed E-state index contributed by atoms with van der Waals surface area (Å²) in [6.45, 7) is 6.26. The van der Waals surface area contributed by atoms with Gasteiger partial charge in [-0.15, -0.1) is 0 Å². The number of hydrogen-bond acceptors (Lipinski definition) is 3. The van der Waals surface area contributed by atoms with Crippen LogP contribution in [0.3, 0.4) is 0 Å². The standard InChI is InChI=1S/C22H22N4/c1-15-14-20(24-17(3)18-10-6-4-7-11-18)26-22(23-15)16(2)21(25-26)19-12-8-5-9-13-19/h4-14,17,24H,1-3H3/t17-/m1/s1. The van der Waals surface area contributed by atoms with E-state index < -0.39 is 0 Å². The summed E-state index contributed by atoms with van der Waals surface area (Å²) in [7, 11) is 0. The zero-order valence-electron chi connectivity index (χ0n) is 15.3. The third-order valence-corrected chi connectivity index (χ3v) is 4.66. The van der Waals surface area contributed by atoms with E-state index in [4.69, 9.17) is 10.1 Å². The smallest absolute Gasteiger partial charge is 0.161 e. The number of fused-ring (bicyclic) bond motifs is 1. The van der Waals surface area contributed by atoms with Crippen LogP contribution in [0.1, 0.15) is 29.8 Å². The Morgan fingerprint density at radius 1 is 0.923 bits per heavy atom. The van der Waals surface area contributed by atoms with Crippen molar-refractivity contribution in [1.29, 1.82) is 0 Å². The first kappa shape index (κ1) is 16.3. The number of aryl methyl sites for hydroxylation is 2. The van der Waals surface area contributed by atoms with E-state index in [-0.39, 0.29) is 6.04 Å². The maximum Gasteiger partial charge on any atom is 0.161 e. The predicted octanol–water partition coefficient (Wildman–Crippen LogP) is 5.19. The van der Waals surface area contributed by atoms with Crippen molar-refractivity contribution in [2.45, 2.75) is 26.8 Å². The molecule has 0 saturated carbocycles. The molecular weight excluding hydrogens is 320 g/mol. The molecule has 2 aromatic heterocycles. The van der Waals surface area contributed by atoms with E-state index in [0.29, 0.717) is 0 Å². The van der Waals surface area contributed by atoms with Gasteiger partial charge in [-0.3, -0.25) is 0 Å². The van der Waals surface area contributed by atoms with Crippen molar-refractivity contribution in [2.75, 3.05) is 5.32 Å². The van der Waals surface area contributed by atoms with Gasteiger partial charge in [-0.1, -0.05) is 60.7 Å². The molecule has 0 fully saturated rings. The van der Waals surface area contributed by atoms with Gasteiger partial charge < -0.3 is 5.32 Å². The van der Waals surface area contributed by atoms with Crippen LogP contribution in [0.15, 0.2) is 66.7 Å². The summed E-state index contributed by atoms with van der Waals surface area (Å²) in [6, 6.07) is 22.9. The molecule has 4 nitrogen and oxygen atoms in total. The summed E-state index contributed by atoms with van der Waals surface area (Å²) in [5.74, 6) is 0.953. The molecule has 0 aliphatic heterocycles. The van der Waals surface area contributed by atoms with Gasteiger partial charge in [-0.05, 0) is 26.3 Å². The average Bonchev–Trinajstić information content (AvgIpc) is 3.00. The fourth-order valence-corrected chi connectivity index (χ4v) is 3.26. The Morgan fingerprint density at radius 2 is 1.58 bits per heavy atom. The van der Waals surface area contributed by atoms with Crippen molar-refractivity contribution < 1.29 is 0 Å². The minimum absolute atomic E-state index is 0.172. The first-order valence-corrected chi connectivity index (χ1v) is 8.87. The SMILES string of the molecule is Cc1cc(N[C@H](C)c2ccccc2)n2nc(-c3ccccc3)c(C)c2n1. The second kappa shape index (κ2) is 6.64. The van der Waals surface area contributed by atoms with Gasteiger partial charge in [0.25, 0.3) is 0 Å². The van der Waals surface area contributed by atoms with Gasteiger partial charge >= 0.3 is 0 Å². The molecule has 0 aliphatic rings. The fraction of sp³-hybridized carbons (Fsp3) is 0.182. The topological polar surface area (TPSA) is 42.2 Å². The number of rotatable bonds is 4. The van der Waals surface area contributed by atoms with Crippen LogP contribution in [-0.4, -0.2) is 14.6 Å². The highest BCUT2D eigenvalue weighted by Crippen LogP contribution is 2.28. The Balaban J connectivity index is 1.80. The van der Waals surface area contributed by atoms with Gasteiger partial charge in [0, 0.05) is 28.9 Å². The minimum Gasteiger partial charge on any atom is -0.363 e. The Bertz CT molecular complexity index is 1040. The van der Waals surface area contributed by atoms with Crippen LogP contribution in [0.25, 0.3) is 16.9 Å². The predicted molar refractivity (Wildman–Crippen MR) is 106 cm³/mol. The summed E-state index contributed by atoms with van der Waals surface area (Å²) in [6.07, 6.45) is 0. The molecule has 2 aromatic carbocycles. The summed E-state index contributed by atoms with van der Waals surface area (Å²) in [5.41, 5.74) is 6.28. The first-order chi connectivity index (χ1) is 12.6. The Kier molecular flexibility index (Phi) is 4.17. The normalized spacial score (nSPS) is 12.3. The molecular formula is C22H22N4. The highest BCUT2D eigenvalue weighted by atomic mass is 15.3. The summed E-state index contributed by atoms with van der Waals surface area (Å²) >= 11 is 0. The largest absolute Gasteiger partial charge is 0.363 e. The van der Waals surface area contributed by atoms with Gasteiger partial charge in [-0.2, -0.15) is 9.61 Å². The number of anilines is 1. The lowest BCUT2D eigenvalue weighted by molar-refractivity contribution is 0.839. The molecule has 1 N–H and O–H groups in total. The maximum absolute atomic E-state index is 4.86. The van der Waals surface area contributed by atoms with E-state index in [1.54, 1.807) is 0 Å². The lowest BCUT2D eigenvalue weighted by atomic mass is 10.1. The number of nitrogens with zero attached hydrogens (tertiary/aromatic N) is 3. The van der Waals surface area contributed by atoms with Crippen LogP contribution in [0.2, 0.25) is 0 Å². The van der Waals surface area contributed by atoms with Gasteiger partial charge in [0.05, 0.1) is 5.69 Å². The zero-order chi connectivity index (χ0) is 18.1. The average molecular weight is 342 g/mol. The molecule has 0 bridgehead atoms. The molecule has 2 heterocycles. The number of nitrogens with one attached hydrogen (secondary N) is 1. The number of aromatic nitrogens is 3. The first-order valence-electron chi connectivity index (χ1n) is 8.87. The van der Waals surface area contributed by atoms with Crippen molar-refractivity contribution in [2.24, 2.45) is 0 Å². The van der Waals surface area contributed by atoms with Crippen molar-refractivity contribution >= 4 is 11.5 Å². The molecule has 130 valence electrons. The second-order valence-corrected chi connectivity index (χ2v) is 6.63. The molecule has 4 rings (SSSR count). The Labute approximate surface area is 153 Å². The van der Waals surface area contributed by atoms with Crippen molar-refractivity contribution in [3.8, 4) is 11.3 Å². The minimum atomic E-state index is 0.172. The molecule has 0 spiro atoms. The lowest BCUT2D eigenvalue weighted by Crippen LogP contribution is -2.11. The monoisotopic (exact) mass is 342 g/mol. The van der Waals surface area contributed by atoms with Crippen LogP contribution in [-0.2, 0) is 0 Å². The molecule has 4 heteroatoms. The van der Waals surface area contributed by atoms with Crippen molar-refractivity contribution in [3.63, 3.8) is 0 Å². The van der Waals surface area contributed by atoms with Crippen molar-refractivity contribution in [3.05, 3.63) is 83.6 Å². The molecule has 4 aromatic rings. The highest BCUT2D eigenvalue weighted by molar-refractivity contribution is 5.71. The summed E-state index contributed by atoms with van der Waals surface area (Å²) < 4.78 is 1.92. The van der Waals surface area contributed by atoms with E-state index in [2.05, 4.69) is 55.6 Å². The highest BCUT2D eigenvalue weighted by Gasteiger charge is 2.16. The van der Waals surface area contributed by atoms with E-state index >= 15 is 0 Å². The van der Waals surface area contributed by atoms with E-state index in [9.17, 15) is 0 Å². The van der Waals surface area contributed by atoms with Gasteiger partial charge in [0.1, 0.15) is 5.82 Å². The van der Waals surface area contributed by atoms with Crippen LogP contribution in [0, 0.1) is 13.8 Å². The molecule has 1 atom stereocenters. The summed E-state index contributed by atoms with van der Waals surface area (Å²) in [5, 5.41) is 8.46. The number of benzene rings is 2. The Hall–Kier alpha value is -3.14. The number of hydrogen-bond donors (Lipinski definition) is 1. The third-order valence-electron chi connectivity index (χ3n) is 4.66. The maximum atomic E-state index is 4.86. The van der Waals surface area contributed by atoms with Gasteiger partial charge in [0.15, 0.2) is 5.65 Å². The molecule has 0 saturated heterocycles. The van der Waals surface area contributed by atoms with Gasteiger partial charge in [-0.25, -0.2) is 4.98 Å². The van der Waals surface area contributed by atoms with Crippen LogP contribution in [0.5, 0.6) is 0 Å². The van der Waals surface area contributed by atoms with E-state index in [1.165, 1.54) is 5.56 Å². The van der Waals surface area contributed by atoms with Crippen molar-refractivity contribution in [1.82, 2.24) is 14.6 Å². The molecule has 0 radical (unpaired) electrons. The Morgan fingerprint density at radius 3 is 2.27 bits per heavy atom. The van der Waals surface area contributed by atoms with E-state index in [0.717, 1.165) is 34.0 Å². The molecule has 0 amide bonds. The summed E-state index contributed by atoms with van der Waals surface area (Å²) in [4.78, 5) is 4.72. The zero-order valence-corrected chi connectivity index (χ0v) is 15.3. The lowest BCUT2D eigenvalue weighted by Gasteiger charge is -2.16.